The molecule has 0 aliphatic carbocycles. The van der Waals surface area contributed by atoms with Gasteiger partial charge in [-0.05, 0) is 41.3 Å². The van der Waals surface area contributed by atoms with Crippen molar-refractivity contribution in [2.45, 2.75) is 32.7 Å². The fraction of sp³-hybridized carbons (Fsp3) is 0.533. The van der Waals surface area contributed by atoms with Gasteiger partial charge in [-0.2, -0.15) is 0 Å². The zero-order valence-electron chi connectivity index (χ0n) is 12.8. The molecule has 0 amide bonds. The van der Waals surface area contributed by atoms with Crippen LogP contribution in [-0.2, 0) is 0 Å². The van der Waals surface area contributed by atoms with E-state index < -0.39 is 0 Å². The quantitative estimate of drug-likeness (QED) is 0.668. The van der Waals surface area contributed by atoms with Crippen molar-refractivity contribution < 1.29 is 0 Å². The number of nitrogens with zero attached hydrogens (tertiary/aromatic N) is 4. The Morgan fingerprint density at radius 3 is 2.86 bits per heavy atom. The van der Waals surface area contributed by atoms with Gasteiger partial charge in [0.15, 0.2) is 0 Å². The predicted molar refractivity (Wildman–Crippen MR) is 90.7 cm³/mol. The normalized spacial score (nSPS) is 20.0. The number of nitrogens with one attached hydrogen (secondary N) is 1. The molecule has 114 valence electrons. The molecule has 1 fully saturated rings. The first-order valence-electron chi connectivity index (χ1n) is 7.27. The summed E-state index contributed by atoms with van der Waals surface area (Å²) in [6.45, 7) is 6.22. The maximum atomic E-state index is 4.45. The number of aliphatic imine (C=N–C) groups is 1. The van der Waals surface area contributed by atoms with Crippen molar-refractivity contribution in [1.82, 2.24) is 14.9 Å². The van der Waals surface area contributed by atoms with E-state index in [-0.39, 0.29) is 0 Å². The van der Waals surface area contributed by atoms with Gasteiger partial charge in [-0.15, -0.1) is 0 Å². The minimum atomic E-state index is 0.359. The van der Waals surface area contributed by atoms with E-state index in [1.54, 1.807) is 12.4 Å². The van der Waals surface area contributed by atoms with Crippen LogP contribution in [0.2, 0.25) is 0 Å². The molecule has 1 N–H and O–H groups in total. The molecule has 2 heterocycles. The number of rotatable bonds is 4. The highest BCUT2D eigenvalue weighted by Crippen LogP contribution is 2.17. The van der Waals surface area contributed by atoms with Gasteiger partial charge in [0.2, 0.25) is 5.95 Å². The van der Waals surface area contributed by atoms with Crippen LogP contribution in [0, 0.1) is 0 Å². The molecule has 1 aromatic rings. The van der Waals surface area contributed by atoms with Crippen LogP contribution in [-0.4, -0.2) is 46.9 Å². The molecule has 0 spiro atoms. The van der Waals surface area contributed by atoms with E-state index in [0.717, 1.165) is 36.2 Å². The molecule has 2 rings (SSSR count). The summed E-state index contributed by atoms with van der Waals surface area (Å²) in [6, 6.07) is 0.359. The van der Waals surface area contributed by atoms with Gasteiger partial charge in [0.05, 0.1) is 4.47 Å². The lowest BCUT2D eigenvalue weighted by molar-refractivity contribution is 0.512. The van der Waals surface area contributed by atoms with Gasteiger partial charge < -0.3 is 10.2 Å². The standard InChI is InChI=1S/C15H22BrN5/c1-4-5-11(2)14(17-3)21-7-6-13(10-21)20-15-18-8-12(16)9-19-15/h5,8-9,13H,4,6-7,10H2,1-3H3,(H,18,19,20)/b11-5+,17-14?/t13-/m1/s1. The summed E-state index contributed by atoms with van der Waals surface area (Å²) in [5, 5.41) is 3.39. The summed E-state index contributed by atoms with van der Waals surface area (Å²) in [5.41, 5.74) is 1.25. The molecule has 1 aliphatic heterocycles. The number of hydrogen-bond acceptors (Lipinski definition) is 4. The third-order valence-corrected chi connectivity index (χ3v) is 3.93. The fourth-order valence-corrected chi connectivity index (χ4v) is 2.81. The second-order valence-corrected chi connectivity index (χ2v) is 6.06. The van der Waals surface area contributed by atoms with Crippen molar-refractivity contribution in [2.75, 3.05) is 25.5 Å². The average molecular weight is 352 g/mol. The van der Waals surface area contributed by atoms with Gasteiger partial charge in [-0.25, -0.2) is 9.97 Å². The van der Waals surface area contributed by atoms with Crippen LogP contribution in [0.15, 0.2) is 33.5 Å². The highest BCUT2D eigenvalue weighted by atomic mass is 79.9. The van der Waals surface area contributed by atoms with E-state index in [4.69, 9.17) is 0 Å². The van der Waals surface area contributed by atoms with Crippen LogP contribution in [0.25, 0.3) is 0 Å². The van der Waals surface area contributed by atoms with Crippen molar-refractivity contribution in [1.29, 1.82) is 0 Å². The second-order valence-electron chi connectivity index (χ2n) is 5.14. The minimum Gasteiger partial charge on any atom is -0.355 e. The van der Waals surface area contributed by atoms with Crippen molar-refractivity contribution in [3.8, 4) is 0 Å². The van der Waals surface area contributed by atoms with Crippen LogP contribution < -0.4 is 5.32 Å². The zero-order valence-corrected chi connectivity index (χ0v) is 14.4. The summed E-state index contributed by atoms with van der Waals surface area (Å²) in [6.07, 6.45) is 7.84. The topological polar surface area (TPSA) is 53.4 Å². The molecule has 0 aromatic carbocycles. The molecule has 0 saturated carbocycles. The van der Waals surface area contributed by atoms with Crippen LogP contribution in [0.3, 0.4) is 0 Å². The Labute approximate surface area is 134 Å². The summed E-state index contributed by atoms with van der Waals surface area (Å²) in [7, 11) is 1.86. The number of likely N-dealkylation sites (tertiary alicyclic amines) is 1. The second kappa shape index (κ2) is 7.54. The highest BCUT2D eigenvalue weighted by Gasteiger charge is 2.25. The third-order valence-electron chi connectivity index (χ3n) is 3.52. The first-order chi connectivity index (χ1) is 10.1. The van der Waals surface area contributed by atoms with Crippen LogP contribution in [0.4, 0.5) is 5.95 Å². The maximum absolute atomic E-state index is 4.45. The number of allylic oxidation sites excluding steroid dienone is 1. The molecule has 0 unspecified atom stereocenters. The molecule has 5 nitrogen and oxygen atoms in total. The Morgan fingerprint density at radius 2 is 2.24 bits per heavy atom. The Kier molecular flexibility index (Phi) is 5.73. The molecule has 1 saturated heterocycles. The highest BCUT2D eigenvalue weighted by molar-refractivity contribution is 9.10. The van der Waals surface area contributed by atoms with Gasteiger partial charge in [0, 0.05) is 38.6 Å². The number of hydrogen-bond donors (Lipinski definition) is 1. The Balaban J connectivity index is 1.96. The number of amidine groups is 1. The monoisotopic (exact) mass is 351 g/mol. The molecular weight excluding hydrogens is 330 g/mol. The van der Waals surface area contributed by atoms with Crippen LogP contribution in [0.1, 0.15) is 26.7 Å². The Morgan fingerprint density at radius 1 is 1.52 bits per heavy atom. The largest absolute Gasteiger partial charge is 0.355 e. The molecule has 0 radical (unpaired) electrons. The van der Waals surface area contributed by atoms with E-state index in [9.17, 15) is 0 Å². The number of halogens is 1. The minimum absolute atomic E-state index is 0.359. The fourth-order valence-electron chi connectivity index (χ4n) is 2.60. The average Bonchev–Trinajstić information content (AvgIpc) is 2.91. The number of anilines is 1. The van der Waals surface area contributed by atoms with Gasteiger partial charge in [-0.3, -0.25) is 4.99 Å². The first kappa shape index (κ1) is 15.9. The molecular formula is C15H22BrN5. The van der Waals surface area contributed by atoms with Gasteiger partial charge >= 0.3 is 0 Å². The Bertz CT molecular complexity index is 523. The third kappa shape index (κ3) is 4.27. The number of aromatic nitrogens is 2. The smallest absolute Gasteiger partial charge is 0.222 e. The Hall–Kier alpha value is -1.43. The molecule has 6 heteroatoms. The van der Waals surface area contributed by atoms with E-state index in [0.29, 0.717) is 12.0 Å². The van der Waals surface area contributed by atoms with Crippen molar-refractivity contribution >= 4 is 27.7 Å². The van der Waals surface area contributed by atoms with E-state index in [1.807, 2.05) is 7.05 Å². The first-order valence-corrected chi connectivity index (χ1v) is 8.06. The summed E-state index contributed by atoms with van der Waals surface area (Å²) < 4.78 is 0.891. The maximum Gasteiger partial charge on any atom is 0.222 e. The lowest BCUT2D eigenvalue weighted by atomic mass is 10.2. The van der Waals surface area contributed by atoms with E-state index in [1.165, 1.54) is 5.57 Å². The molecule has 1 aliphatic rings. The van der Waals surface area contributed by atoms with Gasteiger partial charge in [0.1, 0.15) is 5.84 Å². The molecule has 21 heavy (non-hydrogen) atoms. The lowest BCUT2D eigenvalue weighted by Crippen LogP contribution is -2.32. The van der Waals surface area contributed by atoms with Gasteiger partial charge in [-0.1, -0.05) is 13.0 Å². The van der Waals surface area contributed by atoms with E-state index >= 15 is 0 Å². The van der Waals surface area contributed by atoms with Crippen molar-refractivity contribution in [3.05, 3.63) is 28.5 Å². The van der Waals surface area contributed by atoms with Crippen LogP contribution in [0.5, 0.6) is 0 Å². The zero-order chi connectivity index (χ0) is 15.2. The SMILES string of the molecule is CC/C=C(\C)C(=NC)N1CC[C@@H](Nc2ncc(Br)cn2)C1. The summed E-state index contributed by atoms with van der Waals surface area (Å²) in [5.74, 6) is 1.78. The molecule has 0 bridgehead atoms. The van der Waals surface area contributed by atoms with Gasteiger partial charge in [0.25, 0.3) is 0 Å². The summed E-state index contributed by atoms with van der Waals surface area (Å²) in [4.78, 5) is 15.3. The van der Waals surface area contributed by atoms with Crippen molar-refractivity contribution in [3.63, 3.8) is 0 Å². The molecule has 1 atom stereocenters. The van der Waals surface area contributed by atoms with Crippen molar-refractivity contribution in [2.24, 2.45) is 4.99 Å². The lowest BCUT2D eigenvalue weighted by Gasteiger charge is -2.21. The molecule has 1 aromatic heterocycles. The summed E-state index contributed by atoms with van der Waals surface area (Å²) >= 11 is 3.34. The van der Waals surface area contributed by atoms with E-state index in [2.05, 4.69) is 61.0 Å². The van der Waals surface area contributed by atoms with Crippen LogP contribution >= 0.6 is 15.9 Å². The predicted octanol–water partition coefficient (Wildman–Crippen LogP) is 3.11.